The molecule has 2 fully saturated rings. The molecule has 0 aromatic carbocycles. The lowest BCUT2D eigenvalue weighted by Crippen LogP contribution is -2.52. The SMILES string of the molecule is CCN(CC)CCC(=O)N1CCN(C(=O)C2CCCCC2)CC1. The Kier molecular flexibility index (Phi) is 7.34. The minimum absolute atomic E-state index is 0.238. The van der Waals surface area contributed by atoms with E-state index in [0.29, 0.717) is 38.5 Å². The number of rotatable bonds is 6. The Hall–Kier alpha value is -1.10. The van der Waals surface area contributed by atoms with E-state index in [-0.39, 0.29) is 11.8 Å². The predicted octanol–water partition coefficient (Wildman–Crippen LogP) is 1.97. The Morgan fingerprint density at radius 2 is 1.48 bits per heavy atom. The lowest BCUT2D eigenvalue weighted by molar-refractivity contribution is -0.143. The first kappa shape index (κ1) is 18.2. The monoisotopic (exact) mass is 323 g/mol. The third-order valence-corrected chi connectivity index (χ3v) is 5.43. The Bertz CT molecular complexity index is 382. The lowest BCUT2D eigenvalue weighted by atomic mass is 9.88. The molecule has 0 N–H and O–H groups in total. The van der Waals surface area contributed by atoms with Crippen LogP contribution in [0.3, 0.4) is 0 Å². The summed E-state index contributed by atoms with van der Waals surface area (Å²) in [7, 11) is 0. The molecule has 0 unspecified atom stereocenters. The molecular formula is C18H33N3O2. The summed E-state index contributed by atoms with van der Waals surface area (Å²) in [5.41, 5.74) is 0. The lowest BCUT2D eigenvalue weighted by Gasteiger charge is -2.37. The van der Waals surface area contributed by atoms with Gasteiger partial charge in [0.1, 0.15) is 0 Å². The van der Waals surface area contributed by atoms with E-state index >= 15 is 0 Å². The molecule has 2 aliphatic rings. The summed E-state index contributed by atoms with van der Waals surface area (Å²) < 4.78 is 0. The third-order valence-electron chi connectivity index (χ3n) is 5.43. The minimum atomic E-state index is 0.238. The van der Waals surface area contributed by atoms with Crippen LogP contribution >= 0.6 is 0 Å². The largest absolute Gasteiger partial charge is 0.339 e. The van der Waals surface area contributed by atoms with Crippen molar-refractivity contribution in [3.8, 4) is 0 Å². The van der Waals surface area contributed by atoms with Crippen molar-refractivity contribution < 1.29 is 9.59 Å². The number of hydrogen-bond donors (Lipinski definition) is 0. The van der Waals surface area contributed by atoms with Gasteiger partial charge in [0, 0.05) is 45.1 Å². The van der Waals surface area contributed by atoms with Gasteiger partial charge in [-0.1, -0.05) is 33.1 Å². The summed E-state index contributed by atoms with van der Waals surface area (Å²) in [5.74, 6) is 0.815. The fraction of sp³-hybridized carbons (Fsp3) is 0.889. The molecule has 1 heterocycles. The standard InChI is InChI=1S/C18H33N3O2/c1-3-19(4-2)11-10-17(22)20-12-14-21(15-13-20)18(23)16-8-6-5-7-9-16/h16H,3-15H2,1-2H3. The summed E-state index contributed by atoms with van der Waals surface area (Å²) in [4.78, 5) is 31.1. The number of nitrogens with zero attached hydrogens (tertiary/aromatic N) is 3. The molecule has 5 nitrogen and oxygen atoms in total. The number of amides is 2. The van der Waals surface area contributed by atoms with Crippen LogP contribution in [0.5, 0.6) is 0 Å². The van der Waals surface area contributed by atoms with E-state index in [1.807, 2.05) is 9.80 Å². The van der Waals surface area contributed by atoms with Gasteiger partial charge in [0.15, 0.2) is 0 Å². The van der Waals surface area contributed by atoms with Crippen LogP contribution < -0.4 is 0 Å². The van der Waals surface area contributed by atoms with Gasteiger partial charge in [-0.3, -0.25) is 9.59 Å². The van der Waals surface area contributed by atoms with E-state index in [4.69, 9.17) is 0 Å². The van der Waals surface area contributed by atoms with Crippen LogP contribution in [0, 0.1) is 5.92 Å². The molecule has 2 rings (SSSR count). The Morgan fingerprint density at radius 3 is 2.04 bits per heavy atom. The van der Waals surface area contributed by atoms with Gasteiger partial charge < -0.3 is 14.7 Å². The second-order valence-corrected chi connectivity index (χ2v) is 6.82. The molecule has 2 amide bonds. The maximum absolute atomic E-state index is 12.5. The average molecular weight is 323 g/mol. The van der Waals surface area contributed by atoms with Gasteiger partial charge in [0.2, 0.25) is 11.8 Å². The van der Waals surface area contributed by atoms with Crippen LogP contribution in [0.4, 0.5) is 0 Å². The zero-order valence-corrected chi connectivity index (χ0v) is 14.9. The predicted molar refractivity (Wildman–Crippen MR) is 92.1 cm³/mol. The molecule has 1 saturated heterocycles. The first-order valence-electron chi connectivity index (χ1n) is 9.44. The van der Waals surface area contributed by atoms with Crippen molar-refractivity contribution in [1.82, 2.24) is 14.7 Å². The molecule has 132 valence electrons. The molecular weight excluding hydrogens is 290 g/mol. The van der Waals surface area contributed by atoms with Gasteiger partial charge in [-0.05, 0) is 25.9 Å². The Labute approximate surface area is 141 Å². The smallest absolute Gasteiger partial charge is 0.225 e. The zero-order chi connectivity index (χ0) is 16.7. The second-order valence-electron chi connectivity index (χ2n) is 6.82. The summed E-state index contributed by atoms with van der Waals surface area (Å²) in [6, 6.07) is 0. The number of carbonyl (C=O) groups excluding carboxylic acids is 2. The molecule has 1 saturated carbocycles. The summed E-state index contributed by atoms with van der Waals surface area (Å²) in [6.45, 7) is 9.92. The van der Waals surface area contributed by atoms with Gasteiger partial charge in [-0.15, -0.1) is 0 Å². The first-order valence-corrected chi connectivity index (χ1v) is 9.44. The molecule has 1 aliphatic heterocycles. The van der Waals surface area contributed by atoms with E-state index in [9.17, 15) is 9.59 Å². The highest BCUT2D eigenvalue weighted by Gasteiger charge is 2.29. The van der Waals surface area contributed by atoms with Crippen LogP contribution in [0.15, 0.2) is 0 Å². The van der Waals surface area contributed by atoms with Gasteiger partial charge in [0.05, 0.1) is 0 Å². The van der Waals surface area contributed by atoms with Crippen molar-refractivity contribution >= 4 is 11.8 Å². The van der Waals surface area contributed by atoms with Gasteiger partial charge in [-0.25, -0.2) is 0 Å². The first-order chi connectivity index (χ1) is 11.2. The molecule has 0 bridgehead atoms. The molecule has 0 aromatic rings. The maximum Gasteiger partial charge on any atom is 0.225 e. The Morgan fingerprint density at radius 1 is 0.913 bits per heavy atom. The topological polar surface area (TPSA) is 43.9 Å². The van der Waals surface area contributed by atoms with Crippen LogP contribution in [0.25, 0.3) is 0 Å². The number of carbonyl (C=O) groups is 2. The van der Waals surface area contributed by atoms with Gasteiger partial charge in [0.25, 0.3) is 0 Å². The fourth-order valence-corrected chi connectivity index (χ4v) is 3.74. The van der Waals surface area contributed by atoms with Crippen LogP contribution in [0.2, 0.25) is 0 Å². The highest BCUT2D eigenvalue weighted by atomic mass is 16.2. The van der Waals surface area contributed by atoms with E-state index in [1.165, 1.54) is 19.3 Å². The van der Waals surface area contributed by atoms with Crippen molar-refractivity contribution in [2.75, 3.05) is 45.8 Å². The maximum atomic E-state index is 12.5. The molecule has 0 radical (unpaired) electrons. The molecule has 23 heavy (non-hydrogen) atoms. The van der Waals surface area contributed by atoms with Crippen molar-refractivity contribution in [3.63, 3.8) is 0 Å². The van der Waals surface area contributed by atoms with Crippen LogP contribution in [-0.2, 0) is 9.59 Å². The van der Waals surface area contributed by atoms with Crippen LogP contribution in [-0.4, -0.2) is 72.3 Å². The van der Waals surface area contributed by atoms with Crippen molar-refractivity contribution in [2.45, 2.75) is 52.4 Å². The van der Waals surface area contributed by atoms with E-state index in [2.05, 4.69) is 18.7 Å². The molecule has 0 atom stereocenters. The highest BCUT2D eigenvalue weighted by Crippen LogP contribution is 2.25. The molecule has 0 aromatic heterocycles. The van der Waals surface area contributed by atoms with Crippen molar-refractivity contribution in [1.29, 1.82) is 0 Å². The minimum Gasteiger partial charge on any atom is -0.339 e. The fourth-order valence-electron chi connectivity index (χ4n) is 3.74. The number of piperazine rings is 1. The van der Waals surface area contributed by atoms with Crippen molar-refractivity contribution in [3.05, 3.63) is 0 Å². The third kappa shape index (κ3) is 5.20. The van der Waals surface area contributed by atoms with E-state index < -0.39 is 0 Å². The second kappa shape index (κ2) is 9.26. The van der Waals surface area contributed by atoms with E-state index in [1.54, 1.807) is 0 Å². The molecule has 5 heteroatoms. The van der Waals surface area contributed by atoms with Crippen LogP contribution in [0.1, 0.15) is 52.4 Å². The quantitative estimate of drug-likeness (QED) is 0.751. The summed E-state index contributed by atoms with van der Waals surface area (Å²) in [6.07, 6.45) is 6.38. The average Bonchev–Trinajstić information content (AvgIpc) is 2.62. The van der Waals surface area contributed by atoms with Gasteiger partial charge >= 0.3 is 0 Å². The zero-order valence-electron chi connectivity index (χ0n) is 14.9. The van der Waals surface area contributed by atoms with Crippen molar-refractivity contribution in [2.24, 2.45) is 5.92 Å². The summed E-state index contributed by atoms with van der Waals surface area (Å²) in [5, 5.41) is 0. The number of hydrogen-bond acceptors (Lipinski definition) is 3. The molecule has 0 spiro atoms. The van der Waals surface area contributed by atoms with E-state index in [0.717, 1.165) is 32.5 Å². The Balaban J connectivity index is 1.72. The highest BCUT2D eigenvalue weighted by molar-refractivity contribution is 5.80. The normalized spacial score (nSPS) is 20.1. The summed E-state index contributed by atoms with van der Waals surface area (Å²) >= 11 is 0. The van der Waals surface area contributed by atoms with Gasteiger partial charge in [-0.2, -0.15) is 0 Å². The molecule has 1 aliphatic carbocycles.